The topological polar surface area (TPSA) is 52.3 Å². The molecule has 0 bridgehead atoms. The third-order valence-electron chi connectivity index (χ3n) is 4.53. The minimum Gasteiger partial charge on any atom is -0.486 e. The number of ether oxygens (including phenoxy) is 1. The molecule has 136 valence electrons. The first-order valence-electron chi connectivity index (χ1n) is 8.86. The van der Waals surface area contributed by atoms with Gasteiger partial charge in [0.2, 0.25) is 0 Å². The van der Waals surface area contributed by atoms with Gasteiger partial charge < -0.3 is 9.15 Å². The lowest BCUT2D eigenvalue weighted by atomic mass is 10.1. The molecular weight excluding hydrogens is 370 g/mol. The normalized spacial score (nSPS) is 11.1. The van der Waals surface area contributed by atoms with Crippen LogP contribution < -0.4 is 10.2 Å². The van der Waals surface area contributed by atoms with Gasteiger partial charge in [-0.05, 0) is 29.8 Å². The number of rotatable bonds is 4. The van der Waals surface area contributed by atoms with Gasteiger partial charge in [0.05, 0.1) is 21.2 Å². The molecule has 2 heterocycles. The van der Waals surface area contributed by atoms with Crippen LogP contribution in [0.25, 0.3) is 32.3 Å². The molecule has 5 rings (SSSR count). The van der Waals surface area contributed by atoms with E-state index in [1.807, 2.05) is 54.6 Å². The quantitative estimate of drug-likeness (QED) is 0.401. The van der Waals surface area contributed by atoms with E-state index in [1.54, 1.807) is 29.5 Å². The third-order valence-corrected chi connectivity index (χ3v) is 5.54. The van der Waals surface area contributed by atoms with E-state index in [9.17, 15) is 4.79 Å². The Morgan fingerprint density at radius 3 is 2.64 bits per heavy atom. The number of benzene rings is 3. The van der Waals surface area contributed by atoms with Gasteiger partial charge in [-0.15, -0.1) is 11.3 Å². The molecule has 0 aliphatic carbocycles. The monoisotopic (exact) mass is 385 g/mol. The van der Waals surface area contributed by atoms with E-state index in [0.717, 1.165) is 20.8 Å². The van der Waals surface area contributed by atoms with Crippen molar-refractivity contribution < 1.29 is 9.15 Å². The van der Waals surface area contributed by atoms with Crippen molar-refractivity contribution in [1.29, 1.82) is 0 Å². The number of nitrogens with zero attached hydrogens (tertiary/aromatic N) is 1. The number of aromatic nitrogens is 1. The lowest BCUT2D eigenvalue weighted by Gasteiger charge is -2.06. The Morgan fingerprint density at radius 1 is 0.964 bits per heavy atom. The summed E-state index contributed by atoms with van der Waals surface area (Å²) >= 11 is 1.61. The maximum Gasteiger partial charge on any atom is 0.200 e. The minimum atomic E-state index is -0.0508. The van der Waals surface area contributed by atoms with Crippen molar-refractivity contribution in [2.75, 3.05) is 0 Å². The summed E-state index contributed by atoms with van der Waals surface area (Å²) in [5.74, 6) is 0.641. The van der Waals surface area contributed by atoms with Crippen molar-refractivity contribution in [3.63, 3.8) is 0 Å². The molecule has 28 heavy (non-hydrogen) atoms. The van der Waals surface area contributed by atoms with Gasteiger partial charge in [0.1, 0.15) is 29.2 Å². The Bertz CT molecular complexity index is 1310. The second kappa shape index (κ2) is 6.94. The first kappa shape index (κ1) is 16.7. The molecular formula is C23H15NO3S. The maximum atomic E-state index is 12.8. The zero-order chi connectivity index (χ0) is 18.9. The standard InChI is InChI=1S/C23H15NO3S/c25-23-17-11-10-16(26-14-22-24-19-8-4-5-9-21(19)28-22)12-20(17)27-13-18(23)15-6-2-1-3-7-15/h1-13H,14H2. The van der Waals surface area contributed by atoms with E-state index in [1.165, 1.54) is 6.26 Å². The van der Waals surface area contributed by atoms with Gasteiger partial charge in [-0.25, -0.2) is 4.98 Å². The van der Waals surface area contributed by atoms with Crippen molar-refractivity contribution in [2.45, 2.75) is 6.61 Å². The Morgan fingerprint density at radius 2 is 1.79 bits per heavy atom. The summed E-state index contributed by atoms with van der Waals surface area (Å²) in [7, 11) is 0. The van der Waals surface area contributed by atoms with Crippen LogP contribution >= 0.6 is 11.3 Å². The van der Waals surface area contributed by atoms with E-state index in [0.29, 0.717) is 28.9 Å². The van der Waals surface area contributed by atoms with Crippen molar-refractivity contribution in [2.24, 2.45) is 0 Å². The van der Waals surface area contributed by atoms with Gasteiger partial charge in [-0.3, -0.25) is 4.79 Å². The van der Waals surface area contributed by atoms with Gasteiger partial charge in [0, 0.05) is 6.07 Å². The van der Waals surface area contributed by atoms with E-state index < -0.39 is 0 Å². The molecule has 0 atom stereocenters. The van der Waals surface area contributed by atoms with Gasteiger partial charge in [-0.2, -0.15) is 0 Å². The molecule has 0 radical (unpaired) electrons. The number of para-hydroxylation sites is 1. The lowest BCUT2D eigenvalue weighted by molar-refractivity contribution is 0.306. The van der Waals surface area contributed by atoms with Crippen LogP contribution in [0, 0.1) is 0 Å². The summed E-state index contributed by atoms with van der Waals surface area (Å²) < 4.78 is 12.7. The first-order chi connectivity index (χ1) is 13.8. The summed E-state index contributed by atoms with van der Waals surface area (Å²) in [5.41, 5.74) is 2.83. The fourth-order valence-electron chi connectivity index (χ4n) is 3.14. The average molecular weight is 385 g/mol. The van der Waals surface area contributed by atoms with Crippen LogP contribution in [0.15, 0.2) is 88.3 Å². The van der Waals surface area contributed by atoms with E-state index in [4.69, 9.17) is 9.15 Å². The molecule has 2 aromatic heterocycles. The highest BCUT2D eigenvalue weighted by Crippen LogP contribution is 2.25. The molecule has 0 saturated heterocycles. The molecule has 5 heteroatoms. The molecule has 0 spiro atoms. The van der Waals surface area contributed by atoms with E-state index in [-0.39, 0.29) is 5.43 Å². The van der Waals surface area contributed by atoms with Gasteiger partial charge in [0.15, 0.2) is 5.43 Å². The Labute approximate surface area is 164 Å². The van der Waals surface area contributed by atoms with Gasteiger partial charge in [-0.1, -0.05) is 42.5 Å². The smallest absolute Gasteiger partial charge is 0.200 e. The van der Waals surface area contributed by atoms with E-state index in [2.05, 4.69) is 4.98 Å². The van der Waals surface area contributed by atoms with Crippen LogP contribution in [0.3, 0.4) is 0 Å². The van der Waals surface area contributed by atoms with Gasteiger partial charge >= 0.3 is 0 Å². The molecule has 5 aromatic rings. The first-order valence-corrected chi connectivity index (χ1v) is 9.68. The molecule has 0 N–H and O–H groups in total. The zero-order valence-corrected chi connectivity index (χ0v) is 15.6. The van der Waals surface area contributed by atoms with Crippen LogP contribution in [0.5, 0.6) is 5.75 Å². The molecule has 0 saturated carbocycles. The summed E-state index contributed by atoms with van der Waals surface area (Å²) in [6.07, 6.45) is 1.51. The van der Waals surface area contributed by atoms with Crippen LogP contribution in [0.2, 0.25) is 0 Å². The molecule has 0 unspecified atom stereocenters. The SMILES string of the molecule is O=c1c(-c2ccccc2)coc2cc(OCc3nc4ccccc4s3)ccc12. The third kappa shape index (κ3) is 3.06. The second-order valence-corrected chi connectivity index (χ2v) is 7.48. The fraction of sp³-hybridized carbons (Fsp3) is 0.0435. The summed E-state index contributed by atoms with van der Waals surface area (Å²) in [4.78, 5) is 17.4. The Balaban J connectivity index is 1.42. The predicted octanol–water partition coefficient (Wildman–Crippen LogP) is 5.65. The molecule has 0 amide bonds. The highest BCUT2D eigenvalue weighted by molar-refractivity contribution is 7.18. The zero-order valence-electron chi connectivity index (χ0n) is 14.8. The molecule has 3 aromatic carbocycles. The molecule has 4 nitrogen and oxygen atoms in total. The Kier molecular flexibility index (Phi) is 4.14. The molecule has 0 aliphatic rings. The summed E-state index contributed by atoms with van der Waals surface area (Å²) in [6.45, 7) is 0.372. The summed E-state index contributed by atoms with van der Waals surface area (Å²) in [5, 5.41) is 1.44. The van der Waals surface area contributed by atoms with Gasteiger partial charge in [0.25, 0.3) is 0 Å². The van der Waals surface area contributed by atoms with Crippen LogP contribution in [-0.4, -0.2) is 4.98 Å². The largest absolute Gasteiger partial charge is 0.486 e. The van der Waals surface area contributed by atoms with Crippen LogP contribution in [0.4, 0.5) is 0 Å². The minimum absolute atomic E-state index is 0.0508. The van der Waals surface area contributed by atoms with E-state index >= 15 is 0 Å². The molecule has 0 fully saturated rings. The predicted molar refractivity (Wildman–Crippen MR) is 112 cm³/mol. The van der Waals surface area contributed by atoms with Crippen molar-refractivity contribution in [3.05, 3.63) is 94.3 Å². The van der Waals surface area contributed by atoms with Crippen LogP contribution in [-0.2, 0) is 6.61 Å². The van der Waals surface area contributed by atoms with Crippen molar-refractivity contribution in [1.82, 2.24) is 4.98 Å². The number of fused-ring (bicyclic) bond motifs is 2. The highest BCUT2D eigenvalue weighted by Gasteiger charge is 2.10. The highest BCUT2D eigenvalue weighted by atomic mass is 32.1. The Hall–Kier alpha value is -3.44. The van der Waals surface area contributed by atoms with Crippen molar-refractivity contribution >= 4 is 32.5 Å². The average Bonchev–Trinajstić information content (AvgIpc) is 3.16. The second-order valence-electron chi connectivity index (χ2n) is 6.37. The maximum absolute atomic E-state index is 12.8. The lowest BCUT2D eigenvalue weighted by Crippen LogP contribution is -2.05. The molecule has 0 aliphatic heterocycles. The summed E-state index contributed by atoms with van der Waals surface area (Å²) in [6, 6.07) is 22.8. The number of hydrogen-bond donors (Lipinski definition) is 0. The number of hydrogen-bond acceptors (Lipinski definition) is 5. The van der Waals surface area contributed by atoms with Crippen molar-refractivity contribution in [3.8, 4) is 16.9 Å². The fourth-order valence-corrected chi connectivity index (χ4v) is 4.02. The van der Waals surface area contributed by atoms with Crippen LogP contribution in [0.1, 0.15) is 5.01 Å². The number of thiazole rings is 1.